The molecule has 0 aromatic rings. The zero-order chi connectivity index (χ0) is 10.1. The third-order valence-corrected chi connectivity index (χ3v) is 3.13. The topological polar surface area (TPSA) is 49.4 Å². The Morgan fingerprint density at radius 1 is 1.50 bits per heavy atom. The van der Waals surface area contributed by atoms with E-state index < -0.39 is 0 Å². The summed E-state index contributed by atoms with van der Waals surface area (Å²) in [7, 11) is 0. The second kappa shape index (κ2) is 3.59. The monoisotopic (exact) mass is 196 g/mol. The van der Waals surface area contributed by atoms with Crippen molar-refractivity contribution in [1.82, 2.24) is 10.2 Å². The summed E-state index contributed by atoms with van der Waals surface area (Å²) >= 11 is 0. The second-order valence-electron chi connectivity index (χ2n) is 4.20. The molecule has 0 bridgehead atoms. The maximum absolute atomic E-state index is 11.4. The number of nitrogens with one attached hydrogen (secondary N) is 1. The van der Waals surface area contributed by atoms with Crippen LogP contribution in [0.5, 0.6) is 0 Å². The molecule has 14 heavy (non-hydrogen) atoms. The molecular weight excluding hydrogens is 180 g/mol. The van der Waals surface area contributed by atoms with Crippen molar-refractivity contribution in [2.45, 2.75) is 44.7 Å². The lowest BCUT2D eigenvalue weighted by Crippen LogP contribution is -2.48. The first-order chi connectivity index (χ1) is 6.66. The third-order valence-electron chi connectivity index (χ3n) is 3.13. The quantitative estimate of drug-likeness (QED) is 0.654. The zero-order valence-corrected chi connectivity index (χ0v) is 8.45. The summed E-state index contributed by atoms with van der Waals surface area (Å²) < 4.78 is 0. The van der Waals surface area contributed by atoms with Gasteiger partial charge >= 0.3 is 0 Å². The van der Waals surface area contributed by atoms with Crippen molar-refractivity contribution in [2.24, 2.45) is 0 Å². The van der Waals surface area contributed by atoms with E-state index in [-0.39, 0.29) is 17.9 Å². The van der Waals surface area contributed by atoms with Crippen LogP contribution in [0.1, 0.15) is 32.6 Å². The molecule has 4 nitrogen and oxygen atoms in total. The summed E-state index contributed by atoms with van der Waals surface area (Å²) in [5.74, 6) is 0.323. The Balaban J connectivity index is 1.92. The maximum atomic E-state index is 11.4. The Morgan fingerprint density at radius 2 is 2.29 bits per heavy atom. The minimum atomic E-state index is 0.0350. The van der Waals surface area contributed by atoms with Crippen molar-refractivity contribution in [1.29, 1.82) is 0 Å². The first-order valence-electron chi connectivity index (χ1n) is 5.23. The van der Waals surface area contributed by atoms with Gasteiger partial charge < -0.3 is 10.2 Å². The van der Waals surface area contributed by atoms with Gasteiger partial charge in [-0.3, -0.25) is 9.59 Å². The fourth-order valence-corrected chi connectivity index (χ4v) is 2.51. The molecular formula is C10H16N2O2. The van der Waals surface area contributed by atoms with Crippen LogP contribution in [0.4, 0.5) is 0 Å². The van der Waals surface area contributed by atoms with E-state index in [0.717, 1.165) is 25.8 Å². The van der Waals surface area contributed by atoms with E-state index in [1.165, 1.54) is 0 Å². The molecule has 0 aromatic carbocycles. The van der Waals surface area contributed by atoms with Crippen molar-refractivity contribution >= 4 is 11.8 Å². The van der Waals surface area contributed by atoms with Crippen LogP contribution in [0.3, 0.4) is 0 Å². The molecule has 1 N–H and O–H groups in total. The van der Waals surface area contributed by atoms with E-state index in [2.05, 4.69) is 5.32 Å². The molecule has 4 heteroatoms. The number of amides is 2. The fraction of sp³-hybridized carbons (Fsp3) is 0.800. The summed E-state index contributed by atoms with van der Waals surface area (Å²) in [5.41, 5.74) is 0. The van der Waals surface area contributed by atoms with Crippen LogP contribution >= 0.6 is 0 Å². The zero-order valence-electron chi connectivity index (χ0n) is 8.45. The summed E-state index contributed by atoms with van der Waals surface area (Å²) in [5, 5.41) is 2.93. The number of carbonyl (C=O) groups is 2. The summed E-state index contributed by atoms with van der Waals surface area (Å²) in [4.78, 5) is 24.2. The molecule has 2 aliphatic rings. The molecule has 78 valence electrons. The summed E-state index contributed by atoms with van der Waals surface area (Å²) in [6, 6.07) is 0.660. The molecule has 2 saturated heterocycles. The molecule has 0 aromatic heterocycles. The van der Waals surface area contributed by atoms with Crippen LogP contribution in [0.25, 0.3) is 0 Å². The van der Waals surface area contributed by atoms with Crippen molar-refractivity contribution < 1.29 is 9.59 Å². The second-order valence-corrected chi connectivity index (χ2v) is 4.20. The molecule has 2 amide bonds. The highest BCUT2D eigenvalue weighted by molar-refractivity contribution is 5.79. The number of rotatable bonds is 1. The van der Waals surface area contributed by atoms with Gasteiger partial charge in [-0.2, -0.15) is 0 Å². The smallest absolute Gasteiger partial charge is 0.222 e. The maximum Gasteiger partial charge on any atom is 0.222 e. The van der Waals surface area contributed by atoms with Gasteiger partial charge in [0, 0.05) is 32.0 Å². The predicted octanol–water partition coefficient (Wildman–Crippen LogP) is 0.276. The van der Waals surface area contributed by atoms with E-state index in [4.69, 9.17) is 0 Å². The third kappa shape index (κ3) is 1.74. The van der Waals surface area contributed by atoms with Crippen molar-refractivity contribution in [3.63, 3.8) is 0 Å². The molecule has 0 radical (unpaired) electrons. The molecule has 2 fully saturated rings. The minimum Gasteiger partial charge on any atom is -0.353 e. The van der Waals surface area contributed by atoms with Crippen LogP contribution in [0.15, 0.2) is 0 Å². The highest BCUT2D eigenvalue weighted by Crippen LogP contribution is 2.27. The van der Waals surface area contributed by atoms with Gasteiger partial charge in [0.25, 0.3) is 0 Å². The van der Waals surface area contributed by atoms with E-state index >= 15 is 0 Å². The van der Waals surface area contributed by atoms with Gasteiger partial charge in [-0.1, -0.05) is 0 Å². The SMILES string of the molecule is CC(=O)NC1CCN2C(=O)CCC2C1. The van der Waals surface area contributed by atoms with E-state index in [1.807, 2.05) is 4.90 Å². The van der Waals surface area contributed by atoms with Gasteiger partial charge in [0.05, 0.1) is 0 Å². The van der Waals surface area contributed by atoms with Crippen molar-refractivity contribution in [2.75, 3.05) is 6.54 Å². The largest absolute Gasteiger partial charge is 0.353 e. The van der Waals surface area contributed by atoms with Gasteiger partial charge in [0.1, 0.15) is 0 Å². The van der Waals surface area contributed by atoms with Crippen LogP contribution in [-0.4, -0.2) is 35.3 Å². The van der Waals surface area contributed by atoms with Crippen LogP contribution in [0, 0.1) is 0 Å². The van der Waals surface area contributed by atoms with Crippen LogP contribution < -0.4 is 5.32 Å². The molecule has 2 atom stereocenters. The number of nitrogens with zero attached hydrogens (tertiary/aromatic N) is 1. The molecule has 0 spiro atoms. The Bertz CT molecular complexity index is 265. The molecule has 2 rings (SSSR count). The van der Waals surface area contributed by atoms with Gasteiger partial charge in [0.15, 0.2) is 0 Å². The lowest BCUT2D eigenvalue weighted by atomic mass is 9.98. The molecule has 2 unspecified atom stereocenters. The number of piperidine rings is 1. The molecule has 0 saturated carbocycles. The molecule has 0 aliphatic carbocycles. The number of hydrogen-bond donors (Lipinski definition) is 1. The number of carbonyl (C=O) groups excluding carboxylic acids is 2. The van der Waals surface area contributed by atoms with Crippen LogP contribution in [0.2, 0.25) is 0 Å². The van der Waals surface area contributed by atoms with Crippen molar-refractivity contribution in [3.05, 3.63) is 0 Å². The minimum absolute atomic E-state index is 0.0350. The Morgan fingerprint density at radius 3 is 3.00 bits per heavy atom. The summed E-state index contributed by atoms with van der Waals surface area (Å²) in [6.07, 6.45) is 3.50. The van der Waals surface area contributed by atoms with Gasteiger partial charge in [-0.25, -0.2) is 0 Å². The highest BCUT2D eigenvalue weighted by Gasteiger charge is 2.36. The average Bonchev–Trinajstić information content (AvgIpc) is 2.46. The van der Waals surface area contributed by atoms with Crippen molar-refractivity contribution in [3.8, 4) is 0 Å². The van der Waals surface area contributed by atoms with E-state index in [9.17, 15) is 9.59 Å². The highest BCUT2D eigenvalue weighted by atomic mass is 16.2. The van der Waals surface area contributed by atoms with E-state index in [0.29, 0.717) is 12.5 Å². The van der Waals surface area contributed by atoms with E-state index in [1.54, 1.807) is 6.92 Å². The normalized spacial score (nSPS) is 31.5. The van der Waals surface area contributed by atoms with Gasteiger partial charge in [0.2, 0.25) is 11.8 Å². The lowest BCUT2D eigenvalue weighted by Gasteiger charge is -2.35. The number of fused-ring (bicyclic) bond motifs is 1. The average molecular weight is 196 g/mol. The van der Waals surface area contributed by atoms with Gasteiger partial charge in [-0.15, -0.1) is 0 Å². The van der Waals surface area contributed by atoms with Gasteiger partial charge in [-0.05, 0) is 19.3 Å². The first kappa shape index (κ1) is 9.49. The molecule has 2 heterocycles. The first-order valence-corrected chi connectivity index (χ1v) is 5.23. The Hall–Kier alpha value is -1.06. The standard InChI is InChI=1S/C10H16N2O2/c1-7(13)11-8-4-5-12-9(6-8)2-3-10(12)14/h8-9H,2-6H2,1H3,(H,11,13). The Labute approximate surface area is 83.6 Å². The number of hydrogen-bond acceptors (Lipinski definition) is 2. The lowest BCUT2D eigenvalue weighted by molar-refractivity contribution is -0.130. The summed E-state index contributed by atoms with van der Waals surface area (Å²) in [6.45, 7) is 2.36. The predicted molar refractivity (Wildman–Crippen MR) is 51.6 cm³/mol. The molecule has 2 aliphatic heterocycles. The van der Waals surface area contributed by atoms with Crippen LogP contribution in [-0.2, 0) is 9.59 Å². The fourth-order valence-electron chi connectivity index (χ4n) is 2.51. The Kier molecular flexibility index (Phi) is 2.44.